The van der Waals surface area contributed by atoms with Crippen molar-refractivity contribution in [3.63, 3.8) is 0 Å². The Balaban J connectivity index is 2.40. The highest BCUT2D eigenvalue weighted by molar-refractivity contribution is 5.81. The molecular weight excluding hydrogens is 216 g/mol. The van der Waals surface area contributed by atoms with Gasteiger partial charge in [0.15, 0.2) is 17.0 Å². The lowest BCUT2D eigenvalue weighted by Gasteiger charge is -2.41. The lowest BCUT2D eigenvalue weighted by Crippen LogP contribution is -2.65. The lowest BCUT2D eigenvalue weighted by atomic mass is 9.83. The van der Waals surface area contributed by atoms with Crippen molar-refractivity contribution in [2.75, 3.05) is 13.2 Å². The van der Waals surface area contributed by atoms with Crippen LogP contribution in [0.2, 0.25) is 0 Å². The molecule has 0 aromatic rings. The van der Waals surface area contributed by atoms with Crippen molar-refractivity contribution in [1.82, 2.24) is 0 Å². The normalized spacial score (nSPS) is 46.3. The maximum atomic E-state index is 11.4. The lowest BCUT2D eigenvalue weighted by molar-refractivity contribution is -0.214. The molecule has 0 aliphatic carbocycles. The van der Waals surface area contributed by atoms with Gasteiger partial charge in [0.2, 0.25) is 0 Å². The fraction of sp³-hybridized carbons (Fsp3) is 0.900. The predicted octanol–water partition coefficient (Wildman–Crippen LogP) is -0.823. The Bertz CT molecular complexity index is 323. The topological polar surface area (TPSA) is 85.2 Å². The first-order valence-electron chi connectivity index (χ1n) is 5.12. The van der Waals surface area contributed by atoms with E-state index in [9.17, 15) is 15.0 Å². The van der Waals surface area contributed by atoms with Crippen molar-refractivity contribution < 1.29 is 29.2 Å². The number of aliphatic hydroxyl groups excluding tert-OH is 1. The minimum absolute atomic E-state index is 0.118. The molecule has 0 radical (unpaired) electrons. The zero-order valence-corrected chi connectivity index (χ0v) is 9.52. The average Bonchev–Trinajstić information content (AvgIpc) is 2.47. The molecule has 2 saturated heterocycles. The molecule has 2 N–H and O–H groups in total. The summed E-state index contributed by atoms with van der Waals surface area (Å²) < 4.78 is 15.9. The summed E-state index contributed by atoms with van der Waals surface area (Å²) in [6.07, 6.45) is -0.929. The monoisotopic (exact) mass is 232 g/mol. The van der Waals surface area contributed by atoms with Crippen LogP contribution in [0.1, 0.15) is 20.8 Å². The Kier molecular flexibility index (Phi) is 2.33. The van der Waals surface area contributed by atoms with Crippen LogP contribution in [-0.4, -0.2) is 52.5 Å². The summed E-state index contributed by atoms with van der Waals surface area (Å²) in [6, 6.07) is 0. The van der Waals surface area contributed by atoms with Gasteiger partial charge in [-0.25, -0.2) is 4.79 Å². The van der Waals surface area contributed by atoms with Crippen LogP contribution in [0.25, 0.3) is 0 Å². The van der Waals surface area contributed by atoms with Crippen molar-refractivity contribution in [2.45, 2.75) is 43.9 Å². The molecule has 2 aliphatic heterocycles. The molecule has 0 amide bonds. The van der Waals surface area contributed by atoms with Crippen molar-refractivity contribution >= 4 is 5.97 Å². The van der Waals surface area contributed by atoms with E-state index < -0.39 is 29.1 Å². The SMILES string of the molecule is CC1(C)OC2C(CO)(COC(=O)C2(C)O)O1. The number of esters is 1. The zero-order chi connectivity index (χ0) is 12.2. The van der Waals surface area contributed by atoms with Crippen LogP contribution in [0.3, 0.4) is 0 Å². The van der Waals surface area contributed by atoms with Crippen LogP contribution in [0.15, 0.2) is 0 Å². The maximum Gasteiger partial charge on any atom is 0.340 e. The molecule has 2 heterocycles. The van der Waals surface area contributed by atoms with E-state index in [2.05, 4.69) is 0 Å². The summed E-state index contributed by atoms with van der Waals surface area (Å²) in [5.74, 6) is -1.73. The minimum Gasteiger partial charge on any atom is -0.460 e. The quantitative estimate of drug-likeness (QED) is 0.574. The molecule has 2 rings (SSSR count). The summed E-state index contributed by atoms with van der Waals surface area (Å²) in [5.41, 5.74) is -2.99. The van der Waals surface area contributed by atoms with Gasteiger partial charge >= 0.3 is 5.97 Å². The van der Waals surface area contributed by atoms with E-state index in [0.29, 0.717) is 0 Å². The smallest absolute Gasteiger partial charge is 0.340 e. The summed E-state index contributed by atoms with van der Waals surface area (Å²) in [4.78, 5) is 11.4. The summed E-state index contributed by atoms with van der Waals surface area (Å²) in [7, 11) is 0. The summed E-state index contributed by atoms with van der Waals surface area (Å²) in [6.45, 7) is 4.11. The van der Waals surface area contributed by atoms with Crippen molar-refractivity contribution in [1.29, 1.82) is 0 Å². The Morgan fingerprint density at radius 1 is 1.44 bits per heavy atom. The predicted molar refractivity (Wildman–Crippen MR) is 51.4 cm³/mol. The number of carbonyl (C=O) groups excluding carboxylic acids is 1. The number of hydrogen-bond acceptors (Lipinski definition) is 6. The van der Waals surface area contributed by atoms with E-state index in [1.54, 1.807) is 13.8 Å². The van der Waals surface area contributed by atoms with Gasteiger partial charge in [0.05, 0.1) is 6.61 Å². The van der Waals surface area contributed by atoms with Gasteiger partial charge in [0.1, 0.15) is 12.7 Å². The van der Waals surface area contributed by atoms with Crippen molar-refractivity contribution in [2.24, 2.45) is 0 Å². The average molecular weight is 232 g/mol. The van der Waals surface area contributed by atoms with Crippen LogP contribution in [0.5, 0.6) is 0 Å². The van der Waals surface area contributed by atoms with E-state index in [1.807, 2.05) is 0 Å². The van der Waals surface area contributed by atoms with Crippen LogP contribution in [0, 0.1) is 0 Å². The van der Waals surface area contributed by atoms with Crippen LogP contribution in [0.4, 0.5) is 0 Å². The second-order valence-corrected chi connectivity index (χ2v) is 4.95. The molecule has 2 fully saturated rings. The van der Waals surface area contributed by atoms with E-state index in [4.69, 9.17) is 14.2 Å². The van der Waals surface area contributed by atoms with Crippen LogP contribution >= 0.6 is 0 Å². The van der Waals surface area contributed by atoms with E-state index in [-0.39, 0.29) is 13.2 Å². The van der Waals surface area contributed by atoms with Gasteiger partial charge in [-0.15, -0.1) is 0 Å². The standard InChI is InChI=1S/C10H16O6/c1-8(2)15-6-9(3,13)7(12)14-5-10(6,4-11)16-8/h6,11,13H,4-5H2,1-3H3. The first kappa shape index (κ1) is 11.8. The second-order valence-electron chi connectivity index (χ2n) is 4.95. The van der Waals surface area contributed by atoms with Gasteiger partial charge in [0.25, 0.3) is 0 Å². The van der Waals surface area contributed by atoms with E-state index in [0.717, 1.165) is 0 Å². The molecule has 0 saturated carbocycles. The molecule has 2 aliphatic rings. The molecule has 0 spiro atoms. The molecule has 6 nitrogen and oxygen atoms in total. The molecular formula is C10H16O6. The highest BCUT2D eigenvalue weighted by Crippen LogP contribution is 2.44. The summed E-state index contributed by atoms with van der Waals surface area (Å²) >= 11 is 0. The number of cyclic esters (lactones) is 1. The van der Waals surface area contributed by atoms with E-state index in [1.165, 1.54) is 6.92 Å². The van der Waals surface area contributed by atoms with Gasteiger partial charge in [0, 0.05) is 0 Å². The van der Waals surface area contributed by atoms with Gasteiger partial charge in [-0.3, -0.25) is 0 Å². The second kappa shape index (κ2) is 3.16. The van der Waals surface area contributed by atoms with Gasteiger partial charge in [-0.2, -0.15) is 0 Å². The number of hydrogen-bond donors (Lipinski definition) is 2. The molecule has 3 atom stereocenters. The third kappa shape index (κ3) is 1.45. The molecule has 0 aromatic heterocycles. The number of aliphatic hydroxyl groups is 2. The Hall–Kier alpha value is -0.690. The van der Waals surface area contributed by atoms with Gasteiger partial charge < -0.3 is 24.4 Å². The first-order chi connectivity index (χ1) is 7.23. The van der Waals surface area contributed by atoms with Crippen molar-refractivity contribution in [3.05, 3.63) is 0 Å². The number of fused-ring (bicyclic) bond motifs is 1. The van der Waals surface area contributed by atoms with Crippen molar-refractivity contribution in [3.8, 4) is 0 Å². The molecule has 0 aromatic carbocycles. The third-order valence-electron chi connectivity index (χ3n) is 2.97. The minimum atomic E-state index is -1.81. The highest BCUT2D eigenvalue weighted by atomic mass is 16.8. The number of ether oxygens (including phenoxy) is 3. The maximum absolute atomic E-state index is 11.4. The number of carbonyl (C=O) groups is 1. The molecule has 0 bridgehead atoms. The van der Waals surface area contributed by atoms with Gasteiger partial charge in [-0.05, 0) is 20.8 Å². The number of rotatable bonds is 1. The molecule has 6 heteroatoms. The largest absolute Gasteiger partial charge is 0.460 e. The molecule has 3 unspecified atom stereocenters. The fourth-order valence-corrected chi connectivity index (χ4v) is 2.29. The zero-order valence-electron chi connectivity index (χ0n) is 9.52. The Morgan fingerprint density at radius 2 is 2.06 bits per heavy atom. The Labute approximate surface area is 93.1 Å². The fourth-order valence-electron chi connectivity index (χ4n) is 2.29. The summed E-state index contributed by atoms with van der Waals surface area (Å²) in [5, 5.41) is 19.4. The first-order valence-corrected chi connectivity index (χ1v) is 5.12. The third-order valence-corrected chi connectivity index (χ3v) is 2.97. The Morgan fingerprint density at radius 3 is 2.62 bits per heavy atom. The molecule has 92 valence electrons. The van der Waals surface area contributed by atoms with Gasteiger partial charge in [-0.1, -0.05) is 0 Å². The highest BCUT2D eigenvalue weighted by Gasteiger charge is 2.65. The molecule has 16 heavy (non-hydrogen) atoms. The van der Waals surface area contributed by atoms with Crippen LogP contribution in [-0.2, 0) is 19.0 Å². The van der Waals surface area contributed by atoms with Crippen LogP contribution < -0.4 is 0 Å². The van der Waals surface area contributed by atoms with E-state index >= 15 is 0 Å².